The van der Waals surface area contributed by atoms with Crippen LogP contribution in [0.3, 0.4) is 0 Å². The zero-order chi connectivity index (χ0) is 19.6. The van der Waals surface area contributed by atoms with Crippen molar-refractivity contribution in [1.29, 1.82) is 0 Å². The van der Waals surface area contributed by atoms with Gasteiger partial charge < -0.3 is 14.8 Å². The molecule has 1 N–H and O–H groups in total. The SMILES string of the molecule is O=C(COc1ccccc1)CC1CCC(NC(=O)COc2ccccc2)CC1. The molecule has 0 unspecified atom stereocenters. The number of ether oxygens (including phenoxy) is 2. The minimum absolute atomic E-state index is 0.0270. The van der Waals surface area contributed by atoms with E-state index in [0.29, 0.717) is 18.1 Å². The zero-order valence-electron chi connectivity index (χ0n) is 16.0. The molecule has 1 saturated carbocycles. The predicted octanol–water partition coefficient (Wildman–Crippen LogP) is 3.78. The van der Waals surface area contributed by atoms with Crippen molar-refractivity contribution in [2.75, 3.05) is 13.2 Å². The third-order valence-electron chi connectivity index (χ3n) is 4.98. The average Bonchev–Trinajstić information content (AvgIpc) is 2.74. The normalized spacial score (nSPS) is 18.9. The molecule has 148 valence electrons. The summed E-state index contributed by atoms with van der Waals surface area (Å²) in [5, 5.41) is 3.04. The van der Waals surface area contributed by atoms with E-state index in [1.54, 1.807) is 0 Å². The zero-order valence-corrected chi connectivity index (χ0v) is 16.0. The first-order valence-electron chi connectivity index (χ1n) is 9.86. The fourth-order valence-electron chi connectivity index (χ4n) is 3.51. The lowest BCUT2D eigenvalue weighted by Gasteiger charge is -2.28. The highest BCUT2D eigenvalue weighted by atomic mass is 16.5. The molecule has 1 amide bonds. The second-order valence-electron chi connectivity index (χ2n) is 7.23. The molecule has 28 heavy (non-hydrogen) atoms. The Morgan fingerprint density at radius 3 is 1.89 bits per heavy atom. The van der Waals surface area contributed by atoms with Gasteiger partial charge in [0.1, 0.15) is 18.1 Å². The number of hydrogen-bond donors (Lipinski definition) is 1. The van der Waals surface area contributed by atoms with Gasteiger partial charge in [-0.3, -0.25) is 9.59 Å². The van der Waals surface area contributed by atoms with Crippen molar-refractivity contribution in [3.8, 4) is 11.5 Å². The predicted molar refractivity (Wildman–Crippen MR) is 107 cm³/mol. The van der Waals surface area contributed by atoms with Crippen LogP contribution in [0.2, 0.25) is 0 Å². The van der Waals surface area contributed by atoms with E-state index in [2.05, 4.69) is 5.32 Å². The van der Waals surface area contributed by atoms with E-state index in [9.17, 15) is 9.59 Å². The van der Waals surface area contributed by atoms with Gasteiger partial charge in [-0.05, 0) is 55.9 Å². The highest BCUT2D eigenvalue weighted by molar-refractivity contribution is 5.80. The fraction of sp³-hybridized carbons (Fsp3) is 0.391. The van der Waals surface area contributed by atoms with Crippen LogP contribution in [0, 0.1) is 5.92 Å². The molecule has 5 nitrogen and oxygen atoms in total. The van der Waals surface area contributed by atoms with Crippen molar-refractivity contribution in [3.63, 3.8) is 0 Å². The first kappa shape index (κ1) is 19.9. The minimum atomic E-state index is -0.0976. The molecule has 1 aliphatic carbocycles. The summed E-state index contributed by atoms with van der Waals surface area (Å²) in [4.78, 5) is 24.2. The van der Waals surface area contributed by atoms with E-state index >= 15 is 0 Å². The average molecular weight is 381 g/mol. The summed E-state index contributed by atoms with van der Waals surface area (Å²) in [6, 6.07) is 18.9. The summed E-state index contributed by atoms with van der Waals surface area (Å²) < 4.78 is 11.0. The van der Waals surface area contributed by atoms with E-state index in [-0.39, 0.29) is 30.9 Å². The summed E-state index contributed by atoms with van der Waals surface area (Å²) in [5.74, 6) is 1.82. The Kier molecular flexibility index (Phi) is 7.47. The maximum absolute atomic E-state index is 12.2. The molecule has 1 fully saturated rings. The molecule has 0 bridgehead atoms. The molecule has 2 aromatic rings. The van der Waals surface area contributed by atoms with Gasteiger partial charge >= 0.3 is 0 Å². The Bertz CT molecular complexity index is 674. The monoisotopic (exact) mass is 381 g/mol. The van der Waals surface area contributed by atoms with E-state index in [1.165, 1.54) is 0 Å². The molecular formula is C23H27NO4. The number of rotatable bonds is 9. The van der Waals surface area contributed by atoms with Crippen molar-refractivity contribution in [1.82, 2.24) is 5.32 Å². The van der Waals surface area contributed by atoms with Crippen molar-refractivity contribution in [2.45, 2.75) is 38.1 Å². The van der Waals surface area contributed by atoms with Crippen molar-refractivity contribution >= 4 is 11.7 Å². The number of ketones is 1. The maximum Gasteiger partial charge on any atom is 0.258 e. The second kappa shape index (κ2) is 10.5. The lowest BCUT2D eigenvalue weighted by molar-refractivity contribution is -0.125. The van der Waals surface area contributed by atoms with Gasteiger partial charge in [-0.2, -0.15) is 0 Å². The number of hydrogen-bond acceptors (Lipinski definition) is 4. The van der Waals surface area contributed by atoms with Crippen LogP contribution >= 0.6 is 0 Å². The van der Waals surface area contributed by atoms with Crippen LogP contribution in [-0.4, -0.2) is 30.9 Å². The minimum Gasteiger partial charge on any atom is -0.486 e. The highest BCUT2D eigenvalue weighted by Gasteiger charge is 2.24. The Morgan fingerprint density at radius 1 is 0.786 bits per heavy atom. The van der Waals surface area contributed by atoms with Gasteiger partial charge in [0.05, 0.1) is 0 Å². The van der Waals surface area contributed by atoms with Gasteiger partial charge in [-0.25, -0.2) is 0 Å². The summed E-state index contributed by atoms with van der Waals surface area (Å²) >= 11 is 0. The Hall–Kier alpha value is -2.82. The third-order valence-corrected chi connectivity index (χ3v) is 4.98. The smallest absolute Gasteiger partial charge is 0.258 e. The fourth-order valence-corrected chi connectivity index (χ4v) is 3.51. The molecule has 0 spiro atoms. The quantitative estimate of drug-likeness (QED) is 0.718. The molecule has 0 radical (unpaired) electrons. The number of benzene rings is 2. The largest absolute Gasteiger partial charge is 0.486 e. The van der Waals surface area contributed by atoms with Gasteiger partial charge in [0.25, 0.3) is 5.91 Å². The van der Waals surface area contributed by atoms with Gasteiger partial charge in [0.15, 0.2) is 12.4 Å². The van der Waals surface area contributed by atoms with E-state index < -0.39 is 0 Å². The van der Waals surface area contributed by atoms with Crippen LogP contribution in [0.5, 0.6) is 11.5 Å². The molecule has 0 aromatic heterocycles. The molecule has 5 heteroatoms. The summed E-state index contributed by atoms with van der Waals surface area (Å²) in [6.45, 7) is 0.150. The second-order valence-corrected chi connectivity index (χ2v) is 7.23. The third kappa shape index (κ3) is 6.72. The summed E-state index contributed by atoms with van der Waals surface area (Å²) in [5.41, 5.74) is 0. The lowest BCUT2D eigenvalue weighted by Crippen LogP contribution is -2.40. The van der Waals surface area contributed by atoms with Gasteiger partial charge in [-0.15, -0.1) is 0 Å². The number of para-hydroxylation sites is 2. The molecule has 0 atom stereocenters. The van der Waals surface area contributed by atoms with Crippen LogP contribution in [0.1, 0.15) is 32.1 Å². The topological polar surface area (TPSA) is 64.6 Å². The molecule has 2 aromatic carbocycles. The first-order valence-corrected chi connectivity index (χ1v) is 9.86. The molecule has 0 heterocycles. The Labute approximate surface area is 166 Å². The summed E-state index contributed by atoms with van der Waals surface area (Å²) in [7, 11) is 0. The number of Topliss-reactive ketones (excluding diaryl/α,β-unsaturated/α-hetero) is 1. The number of carbonyl (C=O) groups excluding carboxylic acids is 2. The van der Waals surface area contributed by atoms with Crippen LogP contribution in [0.25, 0.3) is 0 Å². The highest BCUT2D eigenvalue weighted by Crippen LogP contribution is 2.27. The van der Waals surface area contributed by atoms with E-state index in [0.717, 1.165) is 31.4 Å². The van der Waals surface area contributed by atoms with Crippen molar-refractivity contribution < 1.29 is 19.1 Å². The summed E-state index contributed by atoms with van der Waals surface area (Å²) in [6.07, 6.45) is 4.23. The van der Waals surface area contributed by atoms with Crippen molar-refractivity contribution in [3.05, 3.63) is 60.7 Å². The number of carbonyl (C=O) groups is 2. The first-order chi connectivity index (χ1) is 13.7. The van der Waals surface area contributed by atoms with Gasteiger partial charge in [0.2, 0.25) is 0 Å². The van der Waals surface area contributed by atoms with Crippen molar-refractivity contribution in [2.24, 2.45) is 5.92 Å². The Balaban J connectivity index is 1.30. The molecular weight excluding hydrogens is 354 g/mol. The molecule has 1 aliphatic rings. The van der Waals surface area contributed by atoms with Crippen LogP contribution in [0.4, 0.5) is 0 Å². The van der Waals surface area contributed by atoms with Crippen LogP contribution in [0.15, 0.2) is 60.7 Å². The maximum atomic E-state index is 12.2. The molecule has 3 rings (SSSR count). The van der Waals surface area contributed by atoms with E-state index in [4.69, 9.17) is 9.47 Å². The van der Waals surface area contributed by atoms with Crippen LogP contribution < -0.4 is 14.8 Å². The molecule has 0 saturated heterocycles. The number of nitrogens with one attached hydrogen (secondary N) is 1. The van der Waals surface area contributed by atoms with E-state index in [1.807, 2.05) is 60.7 Å². The Morgan fingerprint density at radius 2 is 1.32 bits per heavy atom. The standard InChI is InChI=1S/C23H27NO4/c25-20(16-27-21-7-3-1-4-8-21)15-18-11-13-19(14-12-18)24-23(26)17-28-22-9-5-2-6-10-22/h1-10,18-19H,11-17H2,(H,24,26). The molecule has 0 aliphatic heterocycles. The van der Waals surface area contributed by atoms with Gasteiger partial charge in [0, 0.05) is 12.5 Å². The van der Waals surface area contributed by atoms with Gasteiger partial charge in [-0.1, -0.05) is 36.4 Å². The lowest BCUT2D eigenvalue weighted by atomic mass is 9.83. The van der Waals surface area contributed by atoms with Crippen LogP contribution in [-0.2, 0) is 9.59 Å². The number of amides is 1.